The van der Waals surface area contributed by atoms with E-state index in [1.54, 1.807) is 30.3 Å². The Balaban J connectivity index is 2.39. The lowest BCUT2D eigenvalue weighted by Gasteiger charge is -2.09. The zero-order valence-electron chi connectivity index (χ0n) is 13.1. The van der Waals surface area contributed by atoms with E-state index in [0.717, 1.165) is 10.0 Å². The third-order valence-electron chi connectivity index (χ3n) is 3.76. The van der Waals surface area contributed by atoms with Crippen LogP contribution in [0.4, 0.5) is 0 Å². The third-order valence-corrected chi connectivity index (χ3v) is 4.25. The molecule has 24 heavy (non-hydrogen) atoms. The van der Waals surface area contributed by atoms with Crippen molar-refractivity contribution in [2.24, 2.45) is 0 Å². The Kier molecular flexibility index (Phi) is 4.20. The summed E-state index contributed by atoms with van der Waals surface area (Å²) >= 11 is 3.35. The molecule has 0 saturated carbocycles. The Morgan fingerprint density at radius 3 is 2.29 bits per heavy atom. The molecule has 0 atom stereocenters. The first-order valence-electron chi connectivity index (χ1n) is 7.27. The Morgan fingerprint density at radius 1 is 1.00 bits per heavy atom. The van der Waals surface area contributed by atoms with Crippen LogP contribution in [0.1, 0.15) is 38.8 Å². The average Bonchev–Trinajstić information content (AvgIpc) is 2.54. The van der Waals surface area contributed by atoms with Crippen molar-refractivity contribution >= 4 is 38.5 Å². The van der Waals surface area contributed by atoms with Gasteiger partial charge in [0.05, 0.1) is 5.56 Å². The van der Waals surface area contributed by atoms with Crippen LogP contribution < -0.4 is 5.63 Å². The summed E-state index contributed by atoms with van der Waals surface area (Å²) in [5.74, 6) is -0.878. The maximum Gasteiger partial charge on any atom is 0.347 e. The van der Waals surface area contributed by atoms with Gasteiger partial charge in [-0.2, -0.15) is 0 Å². The van der Waals surface area contributed by atoms with Gasteiger partial charge in [-0.05, 0) is 32.0 Å². The predicted molar refractivity (Wildman–Crippen MR) is 94.8 cm³/mol. The summed E-state index contributed by atoms with van der Waals surface area (Å²) in [6.07, 6.45) is 0. The Labute approximate surface area is 146 Å². The van der Waals surface area contributed by atoms with E-state index in [4.69, 9.17) is 4.42 Å². The van der Waals surface area contributed by atoms with Crippen LogP contribution >= 0.6 is 15.9 Å². The molecule has 0 amide bonds. The molecule has 0 aliphatic heterocycles. The van der Waals surface area contributed by atoms with E-state index < -0.39 is 11.4 Å². The van der Waals surface area contributed by atoms with Crippen LogP contribution in [0, 0.1) is 6.92 Å². The highest BCUT2D eigenvalue weighted by Gasteiger charge is 2.24. The Morgan fingerprint density at radius 2 is 1.67 bits per heavy atom. The lowest BCUT2D eigenvalue weighted by molar-refractivity contribution is 0.0987. The molecule has 0 saturated heterocycles. The molecule has 0 fully saturated rings. The second-order valence-corrected chi connectivity index (χ2v) is 6.45. The number of hydrogen-bond donors (Lipinski definition) is 0. The van der Waals surface area contributed by atoms with Gasteiger partial charge in [0, 0.05) is 15.4 Å². The molecule has 0 N–H and O–H groups in total. The summed E-state index contributed by atoms with van der Waals surface area (Å²) < 4.78 is 5.92. The fourth-order valence-corrected chi connectivity index (χ4v) is 2.94. The second kappa shape index (κ2) is 6.17. The molecule has 3 aromatic rings. The van der Waals surface area contributed by atoms with Crippen molar-refractivity contribution < 1.29 is 14.0 Å². The Bertz CT molecular complexity index is 1030. The van der Waals surface area contributed by atoms with Gasteiger partial charge < -0.3 is 4.42 Å². The van der Waals surface area contributed by atoms with Crippen LogP contribution in [0.2, 0.25) is 0 Å². The van der Waals surface area contributed by atoms with Crippen LogP contribution in [0.3, 0.4) is 0 Å². The van der Waals surface area contributed by atoms with E-state index in [-0.39, 0.29) is 22.5 Å². The highest BCUT2D eigenvalue weighted by Crippen LogP contribution is 2.26. The van der Waals surface area contributed by atoms with E-state index in [9.17, 15) is 14.4 Å². The van der Waals surface area contributed by atoms with Crippen molar-refractivity contribution in [2.45, 2.75) is 13.8 Å². The maximum absolute atomic E-state index is 13.0. The van der Waals surface area contributed by atoms with Gasteiger partial charge in [-0.3, -0.25) is 9.59 Å². The average molecular weight is 385 g/mol. The van der Waals surface area contributed by atoms with Crippen molar-refractivity contribution in [3.05, 3.63) is 79.6 Å². The molecule has 4 nitrogen and oxygen atoms in total. The fraction of sp³-hybridized carbons (Fsp3) is 0.105. The molecule has 0 bridgehead atoms. The summed E-state index contributed by atoms with van der Waals surface area (Å²) in [7, 11) is 0. The van der Waals surface area contributed by atoms with E-state index in [0.29, 0.717) is 10.9 Å². The first-order chi connectivity index (χ1) is 11.4. The molecule has 120 valence electrons. The van der Waals surface area contributed by atoms with Gasteiger partial charge >= 0.3 is 5.63 Å². The molecule has 0 unspecified atom stereocenters. The lowest BCUT2D eigenvalue weighted by Crippen LogP contribution is -2.19. The van der Waals surface area contributed by atoms with Crippen molar-refractivity contribution in [3.63, 3.8) is 0 Å². The van der Waals surface area contributed by atoms with Crippen molar-refractivity contribution in [3.8, 4) is 0 Å². The number of fused-ring (bicyclic) bond motifs is 1. The SMILES string of the molecule is CC(=O)c1c(C(=O)c2ccc(C)cc2)c2cc(Br)ccc2oc1=O. The third kappa shape index (κ3) is 2.83. The number of carbonyl (C=O) groups is 2. The number of Topliss-reactive ketones (excluding diaryl/α,β-unsaturated/α-hetero) is 1. The largest absolute Gasteiger partial charge is 0.422 e. The number of hydrogen-bond acceptors (Lipinski definition) is 4. The molecule has 3 rings (SSSR count). The van der Waals surface area contributed by atoms with Crippen LogP contribution in [0.5, 0.6) is 0 Å². The van der Waals surface area contributed by atoms with Gasteiger partial charge in [0.1, 0.15) is 11.1 Å². The molecular weight excluding hydrogens is 372 g/mol. The van der Waals surface area contributed by atoms with Crippen molar-refractivity contribution in [1.82, 2.24) is 0 Å². The lowest BCUT2D eigenvalue weighted by atomic mass is 9.94. The van der Waals surface area contributed by atoms with Gasteiger partial charge in [-0.1, -0.05) is 45.8 Å². The molecule has 1 aromatic heterocycles. The topological polar surface area (TPSA) is 64.3 Å². The second-order valence-electron chi connectivity index (χ2n) is 5.53. The summed E-state index contributed by atoms with van der Waals surface area (Å²) in [6, 6.07) is 12.0. The minimum atomic E-state index is -0.798. The van der Waals surface area contributed by atoms with E-state index in [1.807, 2.05) is 19.1 Å². The first kappa shape index (κ1) is 16.3. The quantitative estimate of drug-likeness (QED) is 0.498. The minimum Gasteiger partial charge on any atom is -0.422 e. The van der Waals surface area contributed by atoms with Gasteiger partial charge in [-0.25, -0.2) is 4.79 Å². The first-order valence-corrected chi connectivity index (χ1v) is 8.06. The molecule has 0 aliphatic carbocycles. The molecule has 0 spiro atoms. The maximum atomic E-state index is 13.0. The molecule has 0 radical (unpaired) electrons. The number of halogens is 1. The van der Waals surface area contributed by atoms with Crippen molar-refractivity contribution in [1.29, 1.82) is 0 Å². The summed E-state index contributed by atoms with van der Waals surface area (Å²) in [5, 5.41) is 0.430. The van der Waals surface area contributed by atoms with Crippen LogP contribution in [0.15, 0.2) is 56.1 Å². The highest BCUT2D eigenvalue weighted by atomic mass is 79.9. The van der Waals surface area contributed by atoms with E-state index in [1.165, 1.54) is 6.92 Å². The highest BCUT2D eigenvalue weighted by molar-refractivity contribution is 9.10. The molecule has 5 heteroatoms. The Hall–Kier alpha value is -2.53. The molecule has 0 aliphatic rings. The standard InChI is InChI=1S/C19H13BrO4/c1-10-3-5-12(6-4-10)18(22)17-14-9-13(20)7-8-15(14)24-19(23)16(17)11(2)21/h3-9H,1-2H3. The zero-order valence-corrected chi connectivity index (χ0v) is 14.6. The zero-order chi connectivity index (χ0) is 17.4. The smallest absolute Gasteiger partial charge is 0.347 e. The van der Waals surface area contributed by atoms with Crippen LogP contribution in [-0.2, 0) is 0 Å². The summed E-state index contributed by atoms with van der Waals surface area (Å²) in [6.45, 7) is 3.17. The summed E-state index contributed by atoms with van der Waals surface area (Å²) in [5.41, 5.74) is 0.759. The number of aryl methyl sites for hydroxylation is 1. The van der Waals surface area contributed by atoms with Crippen molar-refractivity contribution in [2.75, 3.05) is 0 Å². The predicted octanol–water partition coefficient (Wildman–Crippen LogP) is 4.30. The fourth-order valence-electron chi connectivity index (χ4n) is 2.58. The van der Waals surface area contributed by atoms with Gasteiger partial charge in [-0.15, -0.1) is 0 Å². The molecular formula is C19H13BrO4. The normalized spacial score (nSPS) is 10.8. The summed E-state index contributed by atoms with van der Waals surface area (Å²) in [4.78, 5) is 37.2. The number of ketones is 2. The van der Waals surface area contributed by atoms with E-state index in [2.05, 4.69) is 15.9 Å². The molecule has 2 aromatic carbocycles. The monoisotopic (exact) mass is 384 g/mol. The van der Waals surface area contributed by atoms with Gasteiger partial charge in [0.2, 0.25) is 0 Å². The van der Waals surface area contributed by atoms with Gasteiger partial charge in [0.25, 0.3) is 0 Å². The van der Waals surface area contributed by atoms with Crippen LogP contribution in [0.25, 0.3) is 11.0 Å². The van der Waals surface area contributed by atoms with Gasteiger partial charge in [0.15, 0.2) is 11.6 Å². The number of rotatable bonds is 3. The van der Waals surface area contributed by atoms with E-state index >= 15 is 0 Å². The number of benzene rings is 2. The molecule has 1 heterocycles. The number of carbonyl (C=O) groups excluding carboxylic acids is 2. The van der Waals surface area contributed by atoms with Crippen LogP contribution in [-0.4, -0.2) is 11.6 Å². The minimum absolute atomic E-state index is 0.0823.